The first-order valence-corrected chi connectivity index (χ1v) is 10.8. The quantitative estimate of drug-likeness (QED) is 0.703. The molecule has 4 rings (SSSR count). The lowest BCUT2D eigenvalue weighted by molar-refractivity contribution is -0.136. The number of hydrogen-bond acceptors (Lipinski definition) is 7. The molecule has 3 heterocycles. The fraction of sp³-hybridized carbons (Fsp3) is 0.478. The molecule has 164 valence electrons. The van der Waals surface area contributed by atoms with Crippen LogP contribution in [0.4, 0.5) is 11.5 Å². The molecule has 2 fully saturated rings. The Balaban J connectivity index is 1.60. The molecule has 2 aliphatic heterocycles. The number of Topliss-reactive ketones (excluding diaryl/α,β-unsaturated/α-hetero) is 1. The van der Waals surface area contributed by atoms with E-state index in [4.69, 9.17) is 4.74 Å². The molecule has 1 aromatic heterocycles. The zero-order chi connectivity index (χ0) is 22.0. The van der Waals surface area contributed by atoms with Crippen molar-refractivity contribution in [3.8, 4) is 5.75 Å². The van der Waals surface area contributed by atoms with E-state index in [-0.39, 0.29) is 23.5 Å². The van der Waals surface area contributed by atoms with Crippen LogP contribution >= 0.6 is 0 Å². The molecule has 2 N–H and O–H groups in total. The van der Waals surface area contributed by atoms with Crippen LogP contribution in [0.5, 0.6) is 5.75 Å². The molecule has 2 aromatic rings. The molecular weight excluding hydrogens is 394 g/mol. The summed E-state index contributed by atoms with van der Waals surface area (Å²) in [5.41, 5.74) is 0.636. The first-order chi connectivity index (χ1) is 14.9. The van der Waals surface area contributed by atoms with Crippen molar-refractivity contribution in [1.82, 2.24) is 20.8 Å². The molecule has 0 unspecified atom stereocenters. The molecular formula is C23H29N5O3. The van der Waals surface area contributed by atoms with Gasteiger partial charge in [0.1, 0.15) is 5.75 Å². The molecule has 0 aliphatic carbocycles. The minimum absolute atomic E-state index is 0.0166. The number of carbonyl (C=O) groups is 2. The minimum Gasteiger partial charge on any atom is -0.478 e. The smallest absolute Gasteiger partial charge is 0.238 e. The van der Waals surface area contributed by atoms with Crippen LogP contribution in [0.1, 0.15) is 26.0 Å². The number of anilines is 2. The average Bonchev–Trinajstić information content (AvgIpc) is 3.18. The minimum atomic E-state index is -0.842. The van der Waals surface area contributed by atoms with Crippen LogP contribution in [-0.4, -0.2) is 53.7 Å². The topological polar surface area (TPSA) is 96.5 Å². The summed E-state index contributed by atoms with van der Waals surface area (Å²) in [5, 5.41) is 14.7. The Hall–Kier alpha value is -2.84. The molecule has 2 saturated heterocycles. The summed E-state index contributed by atoms with van der Waals surface area (Å²) in [6.45, 7) is 8.22. The highest BCUT2D eigenvalue weighted by molar-refractivity contribution is 6.01. The zero-order valence-corrected chi connectivity index (χ0v) is 18.2. The lowest BCUT2D eigenvalue weighted by atomic mass is 9.89. The van der Waals surface area contributed by atoms with Crippen LogP contribution in [0, 0.1) is 18.8 Å². The Morgan fingerprint density at radius 2 is 1.84 bits per heavy atom. The van der Waals surface area contributed by atoms with Gasteiger partial charge in [0.15, 0.2) is 17.2 Å². The van der Waals surface area contributed by atoms with Crippen LogP contribution in [0.25, 0.3) is 0 Å². The van der Waals surface area contributed by atoms with Gasteiger partial charge in [-0.25, -0.2) is 0 Å². The number of benzene rings is 1. The molecule has 8 nitrogen and oxygen atoms in total. The number of aryl methyl sites for hydroxylation is 1. The largest absolute Gasteiger partial charge is 0.478 e. The number of ether oxygens (including phenoxy) is 1. The van der Waals surface area contributed by atoms with Gasteiger partial charge in [0.2, 0.25) is 5.91 Å². The molecule has 31 heavy (non-hydrogen) atoms. The number of rotatable bonds is 7. The van der Waals surface area contributed by atoms with Crippen LogP contribution < -0.4 is 20.3 Å². The van der Waals surface area contributed by atoms with Crippen molar-refractivity contribution < 1.29 is 14.3 Å². The van der Waals surface area contributed by atoms with Crippen molar-refractivity contribution in [2.45, 2.75) is 32.8 Å². The summed E-state index contributed by atoms with van der Waals surface area (Å²) in [7, 11) is 0. The molecule has 2 aliphatic rings. The van der Waals surface area contributed by atoms with Gasteiger partial charge in [0.25, 0.3) is 0 Å². The van der Waals surface area contributed by atoms with E-state index in [0.29, 0.717) is 43.3 Å². The third-order valence-electron chi connectivity index (χ3n) is 5.86. The van der Waals surface area contributed by atoms with Gasteiger partial charge in [-0.2, -0.15) is 5.10 Å². The predicted octanol–water partition coefficient (Wildman–Crippen LogP) is 2.01. The highest BCUT2D eigenvalue weighted by atomic mass is 16.5. The Morgan fingerprint density at radius 3 is 2.35 bits per heavy atom. The van der Waals surface area contributed by atoms with E-state index in [1.165, 1.54) is 0 Å². The number of hydrogen-bond donors (Lipinski definition) is 2. The fourth-order valence-corrected chi connectivity index (χ4v) is 3.96. The number of carbonyl (C=O) groups excluding carboxylic acids is 2. The molecule has 0 spiro atoms. The standard InChI is InChI=1S/C23H29N5O3/c1-15(2)21(29)23(10-11-24-14-23)31-19-7-5-18(6-8-19)28(22(30)17-12-25-13-17)20-9-4-16(3)26-27-20/h4-9,15,17,24-25H,10-14H2,1-3H3/t23-/m1/s1. The van der Waals surface area contributed by atoms with Crippen LogP contribution in [0.15, 0.2) is 36.4 Å². The third-order valence-corrected chi connectivity index (χ3v) is 5.86. The first-order valence-electron chi connectivity index (χ1n) is 10.8. The second-order valence-electron chi connectivity index (χ2n) is 8.60. The number of ketones is 1. The second-order valence-corrected chi connectivity index (χ2v) is 8.60. The van der Waals surface area contributed by atoms with E-state index < -0.39 is 5.60 Å². The average molecular weight is 424 g/mol. The molecule has 8 heteroatoms. The van der Waals surface area contributed by atoms with Gasteiger partial charge in [-0.3, -0.25) is 14.5 Å². The first kappa shape index (κ1) is 21.4. The Morgan fingerprint density at radius 1 is 1.10 bits per heavy atom. The van der Waals surface area contributed by atoms with Gasteiger partial charge < -0.3 is 15.4 Å². The summed E-state index contributed by atoms with van der Waals surface area (Å²) >= 11 is 0. The van der Waals surface area contributed by atoms with Gasteiger partial charge in [-0.15, -0.1) is 5.10 Å². The van der Waals surface area contributed by atoms with Gasteiger partial charge in [-0.05, 0) is 49.9 Å². The van der Waals surface area contributed by atoms with E-state index in [1.54, 1.807) is 11.0 Å². The van der Waals surface area contributed by atoms with Crippen molar-refractivity contribution in [2.75, 3.05) is 31.1 Å². The lowest BCUT2D eigenvalue weighted by Crippen LogP contribution is -2.51. The number of aromatic nitrogens is 2. The van der Waals surface area contributed by atoms with E-state index in [2.05, 4.69) is 20.8 Å². The zero-order valence-electron chi connectivity index (χ0n) is 18.2. The van der Waals surface area contributed by atoms with Gasteiger partial charge in [0.05, 0.1) is 17.3 Å². The molecule has 0 radical (unpaired) electrons. The van der Waals surface area contributed by atoms with Gasteiger partial charge in [-0.1, -0.05) is 13.8 Å². The van der Waals surface area contributed by atoms with Crippen molar-refractivity contribution >= 4 is 23.2 Å². The van der Waals surface area contributed by atoms with E-state index in [0.717, 1.165) is 12.2 Å². The maximum atomic E-state index is 13.1. The Bertz CT molecular complexity index is 933. The lowest BCUT2D eigenvalue weighted by Gasteiger charge is -2.32. The molecule has 1 atom stereocenters. The van der Waals surface area contributed by atoms with E-state index >= 15 is 0 Å². The summed E-state index contributed by atoms with van der Waals surface area (Å²) in [6.07, 6.45) is 0.643. The molecule has 1 amide bonds. The van der Waals surface area contributed by atoms with Crippen molar-refractivity contribution in [2.24, 2.45) is 11.8 Å². The highest BCUT2D eigenvalue weighted by Crippen LogP contribution is 2.32. The van der Waals surface area contributed by atoms with Crippen LogP contribution in [0.2, 0.25) is 0 Å². The predicted molar refractivity (Wildman–Crippen MR) is 117 cm³/mol. The number of amides is 1. The Kier molecular flexibility index (Phi) is 6.02. The molecule has 0 saturated carbocycles. The maximum Gasteiger partial charge on any atom is 0.238 e. The van der Waals surface area contributed by atoms with Crippen molar-refractivity contribution in [3.63, 3.8) is 0 Å². The van der Waals surface area contributed by atoms with E-state index in [9.17, 15) is 9.59 Å². The summed E-state index contributed by atoms with van der Waals surface area (Å²) in [6, 6.07) is 10.9. The molecule has 0 bridgehead atoms. The highest BCUT2D eigenvalue weighted by Gasteiger charge is 2.44. The third kappa shape index (κ3) is 4.31. The summed E-state index contributed by atoms with van der Waals surface area (Å²) < 4.78 is 6.23. The second kappa shape index (κ2) is 8.72. The Labute approximate surface area is 182 Å². The number of nitrogens with zero attached hydrogens (tertiary/aromatic N) is 3. The van der Waals surface area contributed by atoms with Gasteiger partial charge in [0, 0.05) is 32.0 Å². The SMILES string of the molecule is Cc1ccc(N(C(=O)C2CNC2)c2ccc(O[C@]3(C(=O)C(C)C)CCNC3)cc2)nn1. The van der Waals surface area contributed by atoms with Crippen LogP contribution in [-0.2, 0) is 9.59 Å². The normalized spacial score (nSPS) is 21.0. The summed E-state index contributed by atoms with van der Waals surface area (Å²) in [5.74, 6) is 0.985. The van der Waals surface area contributed by atoms with Crippen molar-refractivity contribution in [1.29, 1.82) is 0 Å². The monoisotopic (exact) mass is 423 g/mol. The number of nitrogens with one attached hydrogen (secondary N) is 2. The fourth-order valence-electron chi connectivity index (χ4n) is 3.96. The molecule has 1 aromatic carbocycles. The summed E-state index contributed by atoms with van der Waals surface area (Å²) in [4.78, 5) is 27.6. The van der Waals surface area contributed by atoms with Crippen LogP contribution in [0.3, 0.4) is 0 Å². The maximum absolute atomic E-state index is 13.1. The van der Waals surface area contributed by atoms with E-state index in [1.807, 2.05) is 51.1 Å². The van der Waals surface area contributed by atoms with Crippen molar-refractivity contribution in [3.05, 3.63) is 42.1 Å². The van der Waals surface area contributed by atoms with Gasteiger partial charge >= 0.3 is 0 Å².